The molecule has 2 nitrogen and oxygen atoms in total. The number of carbonyl (C=O) groups is 1. The molecule has 0 radical (unpaired) electrons. The third-order valence-electron chi connectivity index (χ3n) is 0.992. The molecule has 0 saturated heterocycles. The molecule has 11 heavy (non-hydrogen) atoms. The lowest BCUT2D eigenvalue weighted by molar-refractivity contribution is -0.137. The summed E-state index contributed by atoms with van der Waals surface area (Å²) in [6.45, 7) is 0. The van der Waals surface area contributed by atoms with Crippen LogP contribution < -0.4 is 0 Å². The lowest BCUT2D eigenvalue weighted by Crippen LogP contribution is -1.93. The zero-order valence-electron chi connectivity index (χ0n) is 5.61. The minimum Gasteiger partial charge on any atom is -0.481 e. The standard InChI is InChI=1S/C6H7Cl3O2/c7-4(6(8)9)2-1-3-5(10)11/h1-3H2,(H,10,11). The number of hydrogen-bond donors (Lipinski definition) is 1. The summed E-state index contributed by atoms with van der Waals surface area (Å²) in [5, 5.41) is 8.55. The Morgan fingerprint density at radius 2 is 1.73 bits per heavy atom. The Kier molecular flexibility index (Phi) is 5.74. The van der Waals surface area contributed by atoms with Gasteiger partial charge in [-0.2, -0.15) is 0 Å². The summed E-state index contributed by atoms with van der Waals surface area (Å²) in [7, 11) is 0. The van der Waals surface area contributed by atoms with Gasteiger partial charge in [0.25, 0.3) is 0 Å². The fourth-order valence-electron chi connectivity index (χ4n) is 0.489. The second-order valence-electron chi connectivity index (χ2n) is 1.91. The Morgan fingerprint density at radius 3 is 2.09 bits per heavy atom. The number of allylic oxidation sites excluding steroid dienone is 1. The summed E-state index contributed by atoms with van der Waals surface area (Å²) in [5.41, 5.74) is 0. The molecule has 0 aliphatic rings. The van der Waals surface area contributed by atoms with Gasteiger partial charge in [-0.15, -0.1) is 0 Å². The van der Waals surface area contributed by atoms with Crippen LogP contribution in [-0.4, -0.2) is 11.1 Å². The van der Waals surface area contributed by atoms with Crippen molar-refractivity contribution in [3.63, 3.8) is 0 Å². The van der Waals surface area contributed by atoms with Gasteiger partial charge in [0.2, 0.25) is 0 Å². The van der Waals surface area contributed by atoms with Crippen molar-refractivity contribution in [2.75, 3.05) is 0 Å². The highest BCUT2D eigenvalue weighted by Gasteiger charge is 2.01. The van der Waals surface area contributed by atoms with E-state index in [0.29, 0.717) is 17.9 Å². The van der Waals surface area contributed by atoms with E-state index in [9.17, 15) is 4.79 Å². The van der Waals surface area contributed by atoms with Crippen molar-refractivity contribution in [2.45, 2.75) is 19.3 Å². The predicted octanol–water partition coefficient (Wildman–Crippen LogP) is 3.13. The van der Waals surface area contributed by atoms with Crippen LogP contribution in [0.25, 0.3) is 0 Å². The summed E-state index contributed by atoms with van der Waals surface area (Å²) >= 11 is 16.1. The molecule has 0 amide bonds. The molecule has 0 aromatic carbocycles. The highest BCUT2D eigenvalue weighted by molar-refractivity contribution is 6.59. The van der Waals surface area contributed by atoms with Crippen LogP contribution in [0.4, 0.5) is 0 Å². The van der Waals surface area contributed by atoms with Gasteiger partial charge >= 0.3 is 5.97 Å². The Balaban J connectivity index is 3.56. The van der Waals surface area contributed by atoms with Crippen LogP contribution in [0.15, 0.2) is 9.52 Å². The van der Waals surface area contributed by atoms with E-state index < -0.39 is 5.97 Å². The van der Waals surface area contributed by atoms with Crippen LogP contribution in [0, 0.1) is 0 Å². The van der Waals surface area contributed by atoms with Gasteiger partial charge in [-0.3, -0.25) is 4.79 Å². The van der Waals surface area contributed by atoms with Crippen LogP contribution >= 0.6 is 34.8 Å². The van der Waals surface area contributed by atoms with E-state index in [1.165, 1.54) is 0 Å². The van der Waals surface area contributed by atoms with E-state index in [2.05, 4.69) is 0 Å². The van der Waals surface area contributed by atoms with Crippen molar-refractivity contribution in [2.24, 2.45) is 0 Å². The monoisotopic (exact) mass is 216 g/mol. The maximum Gasteiger partial charge on any atom is 0.303 e. The topological polar surface area (TPSA) is 37.3 Å². The van der Waals surface area contributed by atoms with Gasteiger partial charge in [-0.05, 0) is 12.8 Å². The Bertz CT molecular complexity index is 173. The highest BCUT2D eigenvalue weighted by atomic mass is 35.5. The van der Waals surface area contributed by atoms with Crippen LogP contribution in [0.3, 0.4) is 0 Å². The number of carboxylic acid groups (broad SMARTS) is 1. The molecule has 0 aromatic rings. The first-order valence-corrected chi connectivity index (χ1v) is 4.09. The number of rotatable bonds is 4. The number of carboxylic acids is 1. The van der Waals surface area contributed by atoms with Gasteiger partial charge in [0.1, 0.15) is 4.49 Å². The van der Waals surface area contributed by atoms with Gasteiger partial charge in [0.05, 0.1) is 0 Å². The van der Waals surface area contributed by atoms with Crippen LogP contribution in [0.2, 0.25) is 0 Å². The molecule has 0 saturated carbocycles. The van der Waals surface area contributed by atoms with Crippen LogP contribution in [0.5, 0.6) is 0 Å². The molecule has 0 rings (SSSR count). The zero-order chi connectivity index (χ0) is 8.85. The maximum absolute atomic E-state index is 10.0. The number of halogens is 3. The van der Waals surface area contributed by atoms with Gasteiger partial charge in [-0.25, -0.2) is 0 Å². The fourth-order valence-corrected chi connectivity index (χ4v) is 0.812. The largest absolute Gasteiger partial charge is 0.481 e. The Labute approximate surface area is 79.7 Å². The Morgan fingerprint density at radius 1 is 1.18 bits per heavy atom. The van der Waals surface area contributed by atoms with Crippen molar-refractivity contribution < 1.29 is 9.90 Å². The van der Waals surface area contributed by atoms with E-state index in [-0.39, 0.29) is 10.9 Å². The second-order valence-corrected chi connectivity index (χ2v) is 3.32. The third kappa shape index (κ3) is 6.48. The van der Waals surface area contributed by atoms with Gasteiger partial charge in [-0.1, -0.05) is 34.8 Å². The van der Waals surface area contributed by atoms with E-state index >= 15 is 0 Å². The average Bonchev–Trinajstić information content (AvgIpc) is 1.86. The molecular weight excluding hydrogens is 210 g/mol. The molecule has 64 valence electrons. The van der Waals surface area contributed by atoms with E-state index in [1.807, 2.05) is 0 Å². The minimum atomic E-state index is -0.847. The lowest BCUT2D eigenvalue weighted by Gasteiger charge is -1.95. The molecule has 0 aliphatic heterocycles. The predicted molar refractivity (Wildman–Crippen MR) is 46.1 cm³/mol. The normalized spacial score (nSPS) is 9.36. The fraction of sp³-hybridized carbons (Fsp3) is 0.500. The van der Waals surface area contributed by atoms with E-state index in [4.69, 9.17) is 39.9 Å². The van der Waals surface area contributed by atoms with Crippen LogP contribution in [0.1, 0.15) is 19.3 Å². The van der Waals surface area contributed by atoms with Gasteiger partial charge < -0.3 is 5.11 Å². The summed E-state index contributed by atoms with van der Waals surface area (Å²) in [6.07, 6.45) is 0.949. The average molecular weight is 217 g/mol. The quantitative estimate of drug-likeness (QED) is 0.785. The van der Waals surface area contributed by atoms with Crippen molar-refractivity contribution in [3.8, 4) is 0 Å². The smallest absolute Gasteiger partial charge is 0.303 e. The summed E-state index contributed by atoms with van der Waals surface area (Å²) in [5.74, 6) is -0.847. The summed E-state index contributed by atoms with van der Waals surface area (Å²) < 4.78 is 0.0112. The number of hydrogen-bond acceptors (Lipinski definition) is 1. The molecule has 1 N–H and O–H groups in total. The lowest BCUT2D eigenvalue weighted by atomic mass is 10.2. The van der Waals surface area contributed by atoms with Gasteiger partial charge in [0, 0.05) is 11.5 Å². The molecule has 0 spiro atoms. The van der Waals surface area contributed by atoms with Crippen molar-refractivity contribution in [1.82, 2.24) is 0 Å². The summed E-state index contributed by atoms with van der Waals surface area (Å²) in [4.78, 5) is 10.0. The maximum atomic E-state index is 10.0. The first-order chi connectivity index (χ1) is 5.04. The molecule has 0 aromatic heterocycles. The van der Waals surface area contributed by atoms with E-state index in [1.54, 1.807) is 0 Å². The van der Waals surface area contributed by atoms with Crippen molar-refractivity contribution in [1.29, 1.82) is 0 Å². The molecule has 0 bridgehead atoms. The van der Waals surface area contributed by atoms with Gasteiger partial charge in [0.15, 0.2) is 0 Å². The molecule has 0 fully saturated rings. The number of aliphatic carboxylic acids is 1. The molecule has 0 heterocycles. The second kappa shape index (κ2) is 5.70. The molecule has 0 aliphatic carbocycles. The highest BCUT2D eigenvalue weighted by Crippen LogP contribution is 2.22. The zero-order valence-corrected chi connectivity index (χ0v) is 7.88. The minimum absolute atomic E-state index is 0.0112. The first-order valence-electron chi connectivity index (χ1n) is 2.95. The summed E-state index contributed by atoms with van der Waals surface area (Å²) in [6, 6.07) is 0. The molecule has 0 atom stereocenters. The molecule has 0 unspecified atom stereocenters. The Hall–Kier alpha value is 0.0800. The third-order valence-corrected chi connectivity index (χ3v) is 2.02. The first kappa shape index (κ1) is 11.1. The SMILES string of the molecule is O=C(O)CCCC(Cl)=C(Cl)Cl. The van der Waals surface area contributed by atoms with Crippen LogP contribution in [-0.2, 0) is 4.79 Å². The van der Waals surface area contributed by atoms with E-state index in [0.717, 1.165) is 0 Å². The molecular formula is C6H7Cl3O2. The van der Waals surface area contributed by atoms with Crippen molar-refractivity contribution >= 4 is 40.8 Å². The molecule has 5 heteroatoms. The van der Waals surface area contributed by atoms with Crippen molar-refractivity contribution in [3.05, 3.63) is 9.52 Å².